The number of aromatic nitrogens is 1. The smallest absolute Gasteiger partial charge is 0.0684 e. The highest BCUT2D eigenvalue weighted by Crippen LogP contribution is 2.19. The second kappa shape index (κ2) is 7.00. The third-order valence-electron chi connectivity index (χ3n) is 1.78. The maximum atomic E-state index is 4.30. The quantitative estimate of drug-likeness (QED) is 0.677. The molecule has 1 N–H and O–H groups in total. The van der Waals surface area contributed by atoms with E-state index in [4.69, 9.17) is 0 Å². The van der Waals surface area contributed by atoms with Crippen molar-refractivity contribution >= 4 is 31.9 Å². The molecule has 0 aliphatic rings. The Labute approximate surface area is 107 Å². The maximum Gasteiger partial charge on any atom is 0.0684 e. The topological polar surface area (TPSA) is 24.9 Å². The average molecular weight is 332 g/mol. The Balaban J connectivity index is 2.39. The van der Waals surface area contributed by atoms with Gasteiger partial charge in [0.05, 0.1) is 5.69 Å². The van der Waals surface area contributed by atoms with Gasteiger partial charge in [0, 0.05) is 34.7 Å². The van der Waals surface area contributed by atoms with Crippen LogP contribution in [0.4, 0.5) is 0 Å². The summed E-state index contributed by atoms with van der Waals surface area (Å²) in [5.74, 6) is 5.87. The number of hydrogen-bond donors (Lipinski definition) is 1. The van der Waals surface area contributed by atoms with Gasteiger partial charge in [-0.15, -0.1) is 11.8 Å². The summed E-state index contributed by atoms with van der Waals surface area (Å²) in [4.78, 5) is 4.30. The maximum absolute atomic E-state index is 4.30. The van der Waals surface area contributed by atoms with Crippen LogP contribution in [0, 0.1) is 11.8 Å². The molecule has 4 heteroatoms. The third kappa shape index (κ3) is 4.78. The molecule has 1 aromatic rings. The molecule has 1 rings (SSSR count). The van der Waals surface area contributed by atoms with Crippen molar-refractivity contribution in [2.75, 3.05) is 6.54 Å². The summed E-state index contributed by atoms with van der Waals surface area (Å²) in [6, 6.07) is 2.00. The lowest BCUT2D eigenvalue weighted by Gasteiger charge is -2.04. The van der Waals surface area contributed by atoms with Gasteiger partial charge >= 0.3 is 0 Å². The number of nitrogens with one attached hydrogen (secondary N) is 1. The molecule has 1 heterocycles. The highest BCUT2D eigenvalue weighted by Gasteiger charge is 2.00. The molecule has 0 amide bonds. The second-order valence-corrected chi connectivity index (χ2v) is 4.71. The Bertz CT molecular complexity index is 380. The van der Waals surface area contributed by atoms with Crippen LogP contribution in [0.1, 0.15) is 19.0 Å². The molecule has 0 fully saturated rings. The molecule has 0 radical (unpaired) electrons. The molecule has 0 spiro atoms. The summed E-state index contributed by atoms with van der Waals surface area (Å²) in [5.41, 5.74) is 1.02. The number of hydrogen-bond acceptors (Lipinski definition) is 2. The molecule has 0 atom stereocenters. The van der Waals surface area contributed by atoms with E-state index in [-0.39, 0.29) is 0 Å². The van der Waals surface area contributed by atoms with Gasteiger partial charge in [-0.05, 0) is 44.8 Å². The van der Waals surface area contributed by atoms with Crippen molar-refractivity contribution in [1.82, 2.24) is 10.3 Å². The fourth-order valence-corrected chi connectivity index (χ4v) is 2.18. The van der Waals surface area contributed by atoms with Crippen LogP contribution in [0.25, 0.3) is 0 Å². The van der Waals surface area contributed by atoms with E-state index in [0.717, 1.165) is 34.1 Å². The summed E-state index contributed by atoms with van der Waals surface area (Å²) in [6.45, 7) is 3.51. The summed E-state index contributed by atoms with van der Waals surface area (Å²) < 4.78 is 2.00. The molecule has 0 saturated carbocycles. The molecule has 0 saturated heterocycles. The highest BCUT2D eigenvalue weighted by atomic mass is 79.9. The van der Waals surface area contributed by atoms with E-state index < -0.39 is 0 Å². The van der Waals surface area contributed by atoms with E-state index in [9.17, 15) is 0 Å². The minimum absolute atomic E-state index is 0.763. The lowest BCUT2D eigenvalue weighted by Crippen LogP contribution is -2.15. The van der Waals surface area contributed by atoms with Crippen molar-refractivity contribution < 1.29 is 0 Å². The fourth-order valence-electron chi connectivity index (χ4n) is 1.06. The number of halogens is 2. The molecular formula is C11H12Br2N2. The minimum Gasteiger partial charge on any atom is -0.310 e. The van der Waals surface area contributed by atoms with Gasteiger partial charge in [-0.2, -0.15) is 0 Å². The summed E-state index contributed by atoms with van der Waals surface area (Å²) >= 11 is 6.84. The molecule has 0 aromatic carbocycles. The largest absolute Gasteiger partial charge is 0.310 e. The number of rotatable bonds is 4. The van der Waals surface area contributed by atoms with E-state index in [0.29, 0.717) is 0 Å². The summed E-state index contributed by atoms with van der Waals surface area (Å²) in [7, 11) is 0. The van der Waals surface area contributed by atoms with Gasteiger partial charge in [0.25, 0.3) is 0 Å². The van der Waals surface area contributed by atoms with Crippen molar-refractivity contribution in [2.45, 2.75) is 19.9 Å². The predicted octanol–water partition coefficient (Wildman–Crippen LogP) is 3.11. The van der Waals surface area contributed by atoms with Crippen LogP contribution in [0.2, 0.25) is 0 Å². The van der Waals surface area contributed by atoms with Crippen LogP contribution >= 0.6 is 31.9 Å². The molecular weight excluding hydrogens is 320 g/mol. The Hall–Kier alpha value is -0.370. The first-order valence-corrected chi connectivity index (χ1v) is 6.23. The second-order valence-electron chi connectivity index (χ2n) is 2.94. The van der Waals surface area contributed by atoms with E-state index >= 15 is 0 Å². The first-order chi connectivity index (χ1) is 7.24. The van der Waals surface area contributed by atoms with Gasteiger partial charge in [-0.1, -0.05) is 0 Å². The summed E-state index contributed by atoms with van der Waals surface area (Å²) in [6.07, 6.45) is 2.68. The standard InChI is InChI=1S/C11H12Br2N2/c1-2-3-4-5-14-8-11-10(13)6-9(12)7-15-11/h6-7,14H,4-5,8H2,1H3. The van der Waals surface area contributed by atoms with Gasteiger partial charge in [-0.3, -0.25) is 4.98 Å². The average Bonchev–Trinajstić information content (AvgIpc) is 2.20. The molecule has 2 nitrogen and oxygen atoms in total. The van der Waals surface area contributed by atoms with E-state index in [1.807, 2.05) is 13.0 Å². The monoisotopic (exact) mass is 330 g/mol. The Kier molecular flexibility index (Phi) is 5.92. The Morgan fingerprint density at radius 1 is 1.47 bits per heavy atom. The van der Waals surface area contributed by atoms with Gasteiger partial charge in [0.2, 0.25) is 0 Å². The van der Waals surface area contributed by atoms with Gasteiger partial charge in [0.1, 0.15) is 0 Å². The zero-order chi connectivity index (χ0) is 11.1. The van der Waals surface area contributed by atoms with Crippen LogP contribution in [-0.4, -0.2) is 11.5 Å². The molecule has 0 bridgehead atoms. The van der Waals surface area contributed by atoms with E-state index in [2.05, 4.69) is 54.0 Å². The zero-order valence-corrected chi connectivity index (χ0v) is 11.7. The highest BCUT2D eigenvalue weighted by molar-refractivity contribution is 9.11. The third-order valence-corrected chi connectivity index (χ3v) is 2.90. The van der Waals surface area contributed by atoms with Crippen molar-refractivity contribution in [3.8, 4) is 11.8 Å². The molecule has 15 heavy (non-hydrogen) atoms. The van der Waals surface area contributed by atoms with Gasteiger partial charge < -0.3 is 5.32 Å². The van der Waals surface area contributed by atoms with Crippen LogP contribution in [0.3, 0.4) is 0 Å². The molecule has 1 aromatic heterocycles. The number of pyridine rings is 1. The van der Waals surface area contributed by atoms with Crippen LogP contribution in [0.5, 0.6) is 0 Å². The minimum atomic E-state index is 0.763. The van der Waals surface area contributed by atoms with Gasteiger partial charge in [0.15, 0.2) is 0 Å². The fraction of sp³-hybridized carbons (Fsp3) is 0.364. The zero-order valence-electron chi connectivity index (χ0n) is 8.48. The number of nitrogens with zero attached hydrogens (tertiary/aromatic N) is 1. The van der Waals surface area contributed by atoms with Crippen LogP contribution < -0.4 is 5.32 Å². The van der Waals surface area contributed by atoms with Gasteiger partial charge in [-0.25, -0.2) is 0 Å². The molecule has 0 aliphatic carbocycles. The first kappa shape index (κ1) is 12.7. The van der Waals surface area contributed by atoms with Crippen LogP contribution in [0.15, 0.2) is 21.2 Å². The van der Waals surface area contributed by atoms with Crippen molar-refractivity contribution in [1.29, 1.82) is 0 Å². The first-order valence-electron chi connectivity index (χ1n) is 4.64. The summed E-state index contributed by atoms with van der Waals surface area (Å²) in [5, 5.41) is 3.29. The lowest BCUT2D eigenvalue weighted by atomic mass is 10.3. The van der Waals surface area contributed by atoms with Crippen molar-refractivity contribution in [2.24, 2.45) is 0 Å². The Morgan fingerprint density at radius 3 is 2.93 bits per heavy atom. The predicted molar refractivity (Wildman–Crippen MR) is 69.4 cm³/mol. The van der Waals surface area contributed by atoms with Crippen molar-refractivity contribution in [3.05, 3.63) is 26.9 Å². The molecule has 80 valence electrons. The SMILES string of the molecule is CC#CCCNCc1ncc(Br)cc1Br. The van der Waals surface area contributed by atoms with E-state index in [1.54, 1.807) is 6.20 Å². The van der Waals surface area contributed by atoms with Crippen LogP contribution in [-0.2, 0) is 6.54 Å². The lowest BCUT2D eigenvalue weighted by molar-refractivity contribution is 0.685. The molecule has 0 aliphatic heterocycles. The van der Waals surface area contributed by atoms with Crippen molar-refractivity contribution in [3.63, 3.8) is 0 Å². The molecule has 0 unspecified atom stereocenters. The Morgan fingerprint density at radius 2 is 2.27 bits per heavy atom. The normalized spacial score (nSPS) is 9.53. The van der Waals surface area contributed by atoms with E-state index in [1.165, 1.54) is 0 Å².